The van der Waals surface area contributed by atoms with Gasteiger partial charge in [0.15, 0.2) is 16.1 Å². The molecular formula is C57H53ClIN6NaO5S4. The number of aryl methyl sites for hydroxylation is 9. The van der Waals surface area contributed by atoms with Crippen molar-refractivity contribution in [2.45, 2.75) is 87.4 Å². The molecule has 380 valence electrons. The van der Waals surface area contributed by atoms with Crippen LogP contribution in [0.1, 0.15) is 81.8 Å². The van der Waals surface area contributed by atoms with E-state index in [4.69, 9.17) is 41.8 Å². The number of fused-ring (bicyclic) bond motifs is 3. The van der Waals surface area contributed by atoms with Crippen molar-refractivity contribution in [3.8, 4) is 29.4 Å². The molecule has 9 aromatic rings. The molecule has 0 saturated heterocycles. The Balaban J connectivity index is 0.000000196. The summed E-state index contributed by atoms with van der Waals surface area (Å²) in [6.07, 6.45) is 0. The van der Waals surface area contributed by atoms with Crippen LogP contribution in [0.4, 0.5) is 0 Å². The number of hydrogen-bond acceptors (Lipinski definition) is 14. The predicted molar refractivity (Wildman–Crippen MR) is 301 cm³/mol. The number of halogens is 2. The van der Waals surface area contributed by atoms with Gasteiger partial charge in [-0.3, -0.25) is 4.99 Å². The number of aliphatic imine (C=N–C) groups is 1. The van der Waals surface area contributed by atoms with Crippen LogP contribution in [0.3, 0.4) is 0 Å². The van der Waals surface area contributed by atoms with Crippen LogP contribution in [0.2, 0.25) is 0 Å². The number of carboxylic acid groups (broad SMARTS) is 1. The van der Waals surface area contributed by atoms with Gasteiger partial charge in [0.2, 0.25) is 0 Å². The van der Waals surface area contributed by atoms with Gasteiger partial charge in [0.25, 0.3) is 0 Å². The Hall–Kier alpha value is -5.12. The molecule has 2 N–H and O–H groups in total. The smallest absolute Gasteiger partial charge is 1.00 e. The van der Waals surface area contributed by atoms with E-state index in [1.54, 1.807) is 18.2 Å². The Morgan fingerprint density at radius 3 is 1.43 bits per heavy atom. The Bertz CT molecular complexity index is 3570. The van der Waals surface area contributed by atoms with Gasteiger partial charge >= 0.3 is 35.5 Å². The van der Waals surface area contributed by atoms with Crippen molar-refractivity contribution in [1.29, 1.82) is 10.5 Å². The largest absolute Gasteiger partial charge is 1.00 e. The van der Waals surface area contributed by atoms with Gasteiger partial charge in [0.1, 0.15) is 52.7 Å². The van der Waals surface area contributed by atoms with Crippen molar-refractivity contribution in [1.82, 2.24) is 15.0 Å². The van der Waals surface area contributed by atoms with E-state index in [0.717, 1.165) is 47.2 Å². The number of nitrogens with zero attached hydrogens (tertiary/aromatic N) is 6. The Kier molecular flexibility index (Phi) is 22.5. The third kappa shape index (κ3) is 16.0. The van der Waals surface area contributed by atoms with E-state index in [2.05, 4.69) is 125 Å². The minimum Gasteiger partial charge on any atom is -1.00 e. The topological polar surface area (TPSA) is 175 Å². The van der Waals surface area contributed by atoms with Crippen LogP contribution in [0.25, 0.3) is 30.6 Å². The number of thiazole rings is 3. The molecule has 1 atom stereocenters. The first-order valence-corrected chi connectivity index (χ1v) is 27.0. The van der Waals surface area contributed by atoms with Gasteiger partial charge in [-0.1, -0.05) is 53.1 Å². The van der Waals surface area contributed by atoms with Gasteiger partial charge in [-0.05, 0) is 167 Å². The maximum atomic E-state index is 11.1. The standard InChI is InChI=1S/C21H20N2O3S2.C18H16N2OS.C10H13Cl.C8H4N2OS.HI.Na/c1-11-6-12(2)15(13(3)7-11)9-26-14-4-5-16-18(8-14)28-20(22-16)19-23-17(10-27-19)21(24)25;1-11-6-12(2)15(13(3)7-11)10-21-14-4-5-16-17(8-14)22-18(9-19)20-16;1-7-4-8(2)10(6-11)9(3)5-7;9-4-8-10-6-2-1-5(11)3-7(6)12-8;;/h4-8,17H,9-10H2,1-3H3,(H,24,25);4-8H,10H2,1-3H3;4-5H,6H2,1-3H3;1-3,11H;1H;/q;;;;;+1/p-1/t17-;;;;;/m1...../s1. The van der Waals surface area contributed by atoms with E-state index >= 15 is 0 Å². The molecule has 75 heavy (non-hydrogen) atoms. The average molecular weight is 1220 g/mol. The van der Waals surface area contributed by atoms with Gasteiger partial charge in [-0.2, -0.15) is 10.5 Å². The number of thioether (sulfide) groups is 1. The monoisotopic (exact) mass is 1210 g/mol. The Morgan fingerprint density at radius 2 is 1.01 bits per heavy atom. The van der Waals surface area contributed by atoms with E-state index in [-0.39, 0.29) is 59.3 Å². The average Bonchev–Trinajstić information content (AvgIpc) is 4.16. The fourth-order valence-corrected chi connectivity index (χ4v) is 12.4. The van der Waals surface area contributed by atoms with Crippen molar-refractivity contribution < 1.29 is 78.0 Å². The number of carbonyl (C=O) groups is 1. The van der Waals surface area contributed by atoms with E-state index < -0.39 is 12.0 Å². The first kappa shape index (κ1) is 60.7. The number of aliphatic carboxylic acids is 1. The van der Waals surface area contributed by atoms with Gasteiger partial charge in [-0.15, -0.1) is 57.4 Å². The number of aromatic hydroxyl groups is 1. The van der Waals surface area contributed by atoms with Gasteiger partial charge in [0, 0.05) is 11.6 Å². The molecule has 3 aromatic heterocycles. The summed E-state index contributed by atoms with van der Waals surface area (Å²) in [6, 6.07) is 32.9. The first-order valence-electron chi connectivity index (χ1n) is 23.1. The van der Waals surface area contributed by atoms with Crippen molar-refractivity contribution >= 4 is 99.0 Å². The van der Waals surface area contributed by atoms with E-state index in [1.807, 2.05) is 42.5 Å². The normalized spacial score (nSPS) is 12.3. The van der Waals surface area contributed by atoms with Crippen LogP contribution < -0.4 is 63.0 Å². The third-order valence-electron chi connectivity index (χ3n) is 11.8. The Labute approximate surface area is 498 Å². The molecule has 18 heteroatoms. The molecule has 11 nitrogen and oxygen atoms in total. The minimum absolute atomic E-state index is 0. The van der Waals surface area contributed by atoms with Gasteiger partial charge < -0.3 is 43.7 Å². The predicted octanol–water partition coefficient (Wildman–Crippen LogP) is 8.65. The second-order valence-corrected chi connectivity index (χ2v) is 22.0. The van der Waals surface area contributed by atoms with Gasteiger partial charge in [0.05, 0.1) is 30.6 Å². The summed E-state index contributed by atoms with van der Waals surface area (Å²) in [5.74, 6) is 2.01. The van der Waals surface area contributed by atoms with Crippen LogP contribution in [0.15, 0.2) is 96.0 Å². The second kappa shape index (κ2) is 27.8. The number of aromatic nitrogens is 3. The van der Waals surface area contributed by atoms with E-state index in [9.17, 15) is 4.79 Å². The molecule has 0 radical (unpaired) electrons. The van der Waals surface area contributed by atoms with Crippen LogP contribution in [0.5, 0.6) is 17.2 Å². The third-order valence-corrected chi connectivity index (χ3v) is 16.1. The van der Waals surface area contributed by atoms with Crippen LogP contribution in [0, 0.1) is 85.0 Å². The number of ether oxygens (including phenoxy) is 2. The molecule has 1 aliphatic heterocycles. The van der Waals surface area contributed by atoms with Crippen LogP contribution >= 0.6 is 57.4 Å². The zero-order valence-corrected chi connectivity index (χ0v) is 51.4. The quantitative estimate of drug-likeness (QED) is 0.0805. The summed E-state index contributed by atoms with van der Waals surface area (Å²) in [4.78, 5) is 28.2. The zero-order chi connectivity index (χ0) is 52.5. The molecule has 0 aliphatic carbocycles. The van der Waals surface area contributed by atoms with Crippen molar-refractivity contribution in [2.24, 2.45) is 4.99 Å². The van der Waals surface area contributed by atoms with Crippen molar-refractivity contribution in [3.63, 3.8) is 0 Å². The Morgan fingerprint density at radius 1 is 0.613 bits per heavy atom. The number of benzene rings is 6. The summed E-state index contributed by atoms with van der Waals surface area (Å²) in [5.41, 5.74) is 17.6. The van der Waals surface area contributed by atoms with Gasteiger partial charge in [-0.25, -0.2) is 19.7 Å². The zero-order valence-electron chi connectivity index (χ0n) is 43.3. The molecule has 1 aliphatic rings. The molecular weight excluding hydrogens is 1160 g/mol. The number of phenolic OH excluding ortho intramolecular Hbond substituents is 1. The molecule has 0 saturated carbocycles. The molecule has 0 spiro atoms. The molecule has 0 bridgehead atoms. The SMILES string of the molecule is Cc1cc(C)c(CCl)c(C)c1.Cc1cc(C)c(COc2ccc3nc(C#N)sc3c2)c(C)c1.Cc1cc(C)c(COc2ccc3nc(C4=N[C@@H](C(=O)O)CS4)sc3c2)c(C)c1.N#Cc1nc2ccc(O)cc2s1.[I-].[Na+]. The second-order valence-electron chi connectivity index (χ2n) is 17.6. The molecule has 4 heterocycles. The maximum Gasteiger partial charge on any atom is 1.00 e. The number of hydrogen-bond donors (Lipinski definition) is 2. The summed E-state index contributed by atoms with van der Waals surface area (Å²) in [7, 11) is 0. The fourth-order valence-electron chi connectivity index (χ4n) is 8.31. The summed E-state index contributed by atoms with van der Waals surface area (Å²) in [5, 5.41) is 38.1. The summed E-state index contributed by atoms with van der Waals surface area (Å²) in [6.45, 7) is 20.1. The number of rotatable bonds is 9. The number of carboxylic acids is 1. The fraction of sp³-hybridized carbons (Fsp3) is 0.246. The number of alkyl halides is 1. The summed E-state index contributed by atoms with van der Waals surface area (Å²) >= 11 is 11.4. The van der Waals surface area contributed by atoms with Crippen LogP contribution in [-0.2, 0) is 23.9 Å². The molecule has 0 unspecified atom stereocenters. The minimum atomic E-state index is -0.888. The van der Waals surface area contributed by atoms with Crippen LogP contribution in [-0.4, -0.2) is 48.0 Å². The van der Waals surface area contributed by atoms with Crippen molar-refractivity contribution in [3.05, 3.63) is 173 Å². The first-order chi connectivity index (χ1) is 34.9. The number of phenols is 1. The summed E-state index contributed by atoms with van der Waals surface area (Å²) < 4.78 is 14.8. The van der Waals surface area contributed by atoms with Crippen molar-refractivity contribution in [2.75, 3.05) is 5.75 Å². The van der Waals surface area contributed by atoms with E-state index in [0.29, 0.717) is 39.9 Å². The number of nitriles is 2. The maximum absolute atomic E-state index is 11.1. The van der Waals surface area contributed by atoms with E-state index in [1.165, 1.54) is 113 Å². The molecule has 10 rings (SSSR count). The molecule has 0 amide bonds. The molecule has 0 fully saturated rings. The molecule has 6 aromatic carbocycles.